The molecule has 188 valence electrons. The second-order valence-corrected chi connectivity index (χ2v) is 17.1. The van der Waals surface area contributed by atoms with E-state index in [1.54, 1.807) is 41.5 Å². The van der Waals surface area contributed by atoms with Crippen LogP contribution in [0.5, 0.6) is 0 Å². The van der Waals surface area contributed by atoms with Gasteiger partial charge in [0.1, 0.15) is 17.2 Å². The minimum absolute atomic E-state index is 0.0217. The summed E-state index contributed by atoms with van der Waals surface area (Å²) in [7, 11) is -2.12. The van der Waals surface area contributed by atoms with Crippen molar-refractivity contribution in [3.05, 3.63) is 0 Å². The van der Waals surface area contributed by atoms with Crippen molar-refractivity contribution < 1.29 is 33.7 Å². The molecule has 1 saturated heterocycles. The van der Waals surface area contributed by atoms with Gasteiger partial charge in [-0.3, -0.25) is 4.90 Å². The Morgan fingerprint density at radius 2 is 1.50 bits per heavy atom. The molecule has 0 unspecified atom stereocenters. The lowest BCUT2D eigenvalue weighted by atomic mass is 9.96. The molecule has 2 N–H and O–H groups in total. The van der Waals surface area contributed by atoms with Gasteiger partial charge >= 0.3 is 12.1 Å². The summed E-state index contributed by atoms with van der Waals surface area (Å²) in [5, 5.41) is 20.4. The van der Waals surface area contributed by atoms with Crippen LogP contribution in [0.15, 0.2) is 0 Å². The molecular weight excluding hydrogens is 430 g/mol. The van der Waals surface area contributed by atoms with Gasteiger partial charge in [0, 0.05) is 12.5 Å². The van der Waals surface area contributed by atoms with Gasteiger partial charge in [0.15, 0.2) is 8.32 Å². The molecule has 0 aromatic carbocycles. The van der Waals surface area contributed by atoms with Crippen LogP contribution >= 0.6 is 0 Å². The number of esters is 1. The van der Waals surface area contributed by atoms with Gasteiger partial charge in [-0.1, -0.05) is 20.8 Å². The summed E-state index contributed by atoms with van der Waals surface area (Å²) in [6.07, 6.45) is -1.71. The highest BCUT2D eigenvalue weighted by atomic mass is 28.4. The average Bonchev–Trinajstić information content (AvgIpc) is 2.95. The Kier molecular flexibility index (Phi) is 9.01. The zero-order valence-corrected chi connectivity index (χ0v) is 22.8. The molecule has 0 bridgehead atoms. The lowest BCUT2D eigenvalue weighted by Crippen LogP contribution is -2.54. The number of aliphatic hydroxyl groups excluding tert-OH is 2. The fourth-order valence-electron chi connectivity index (χ4n) is 3.42. The summed E-state index contributed by atoms with van der Waals surface area (Å²) in [5.41, 5.74) is -1.53. The van der Waals surface area contributed by atoms with Crippen LogP contribution in [0.2, 0.25) is 18.1 Å². The van der Waals surface area contributed by atoms with Crippen molar-refractivity contribution >= 4 is 20.4 Å². The Balaban J connectivity index is 3.32. The smallest absolute Gasteiger partial charge is 0.411 e. The van der Waals surface area contributed by atoms with Crippen molar-refractivity contribution in [2.75, 3.05) is 13.2 Å². The van der Waals surface area contributed by atoms with Gasteiger partial charge in [0.25, 0.3) is 0 Å². The molecule has 1 heterocycles. The molecule has 0 aliphatic carbocycles. The van der Waals surface area contributed by atoms with E-state index in [2.05, 4.69) is 33.9 Å². The van der Waals surface area contributed by atoms with Crippen LogP contribution in [0.25, 0.3) is 0 Å². The van der Waals surface area contributed by atoms with Crippen LogP contribution in [0.4, 0.5) is 4.79 Å². The van der Waals surface area contributed by atoms with Gasteiger partial charge in [-0.05, 0) is 66.1 Å². The third kappa shape index (κ3) is 7.71. The second kappa shape index (κ2) is 9.99. The third-order valence-electron chi connectivity index (χ3n) is 5.99. The Morgan fingerprint density at radius 3 is 1.91 bits per heavy atom. The first kappa shape index (κ1) is 28.9. The fraction of sp³-hybridized carbons (Fsp3) is 0.913. The van der Waals surface area contributed by atoms with E-state index in [-0.39, 0.29) is 24.0 Å². The van der Waals surface area contributed by atoms with Crippen LogP contribution < -0.4 is 0 Å². The molecule has 0 aromatic rings. The molecule has 0 radical (unpaired) electrons. The van der Waals surface area contributed by atoms with E-state index in [0.29, 0.717) is 0 Å². The molecule has 32 heavy (non-hydrogen) atoms. The predicted octanol–water partition coefficient (Wildman–Crippen LogP) is 3.70. The standard InChI is InChI=1S/C23H45NO7Si/c1-21(2,3)30-19(27)16-12-15(14-29-32(10,11)23(7,8)9)18(17(26)13-25)24(16)20(28)31-22(4,5)6/h15-18,25-26H,12-14H2,1-11H3/t15-,16+,17-,18-/m1/s1. The van der Waals surface area contributed by atoms with Crippen molar-refractivity contribution in [2.24, 2.45) is 5.92 Å². The second-order valence-electron chi connectivity index (χ2n) is 12.2. The molecule has 1 aliphatic heterocycles. The maximum absolute atomic E-state index is 13.1. The number of nitrogens with zero attached hydrogens (tertiary/aromatic N) is 1. The number of likely N-dealkylation sites (tertiary alicyclic amines) is 1. The predicted molar refractivity (Wildman–Crippen MR) is 126 cm³/mol. The molecule has 0 spiro atoms. The topological polar surface area (TPSA) is 106 Å². The largest absolute Gasteiger partial charge is 0.458 e. The monoisotopic (exact) mass is 475 g/mol. The molecular formula is C23H45NO7Si. The van der Waals surface area contributed by atoms with E-state index in [1.165, 1.54) is 4.90 Å². The zero-order chi connectivity index (χ0) is 25.3. The van der Waals surface area contributed by atoms with E-state index in [4.69, 9.17) is 13.9 Å². The van der Waals surface area contributed by atoms with Gasteiger partial charge in [-0.2, -0.15) is 0 Å². The Morgan fingerprint density at radius 1 is 1.00 bits per heavy atom. The summed E-state index contributed by atoms with van der Waals surface area (Å²) >= 11 is 0. The maximum atomic E-state index is 13.1. The molecule has 9 heteroatoms. The molecule has 1 amide bonds. The van der Waals surface area contributed by atoms with Crippen LogP contribution in [0.3, 0.4) is 0 Å². The highest BCUT2D eigenvalue weighted by Crippen LogP contribution is 2.40. The normalized spacial score (nSPS) is 23.8. The molecule has 0 saturated carbocycles. The van der Waals surface area contributed by atoms with Crippen LogP contribution in [0.1, 0.15) is 68.7 Å². The number of hydrogen-bond donors (Lipinski definition) is 2. The van der Waals surface area contributed by atoms with Crippen molar-refractivity contribution in [1.82, 2.24) is 4.90 Å². The molecule has 1 rings (SSSR count). The first-order valence-electron chi connectivity index (χ1n) is 11.4. The fourth-order valence-corrected chi connectivity index (χ4v) is 4.49. The van der Waals surface area contributed by atoms with Crippen molar-refractivity contribution in [2.45, 2.75) is 116 Å². The molecule has 8 nitrogen and oxygen atoms in total. The molecule has 1 aliphatic rings. The zero-order valence-electron chi connectivity index (χ0n) is 21.8. The Hall–Kier alpha value is -1.16. The number of hydrogen-bond acceptors (Lipinski definition) is 7. The van der Waals surface area contributed by atoms with Gasteiger partial charge in [-0.15, -0.1) is 0 Å². The van der Waals surface area contributed by atoms with Crippen LogP contribution in [-0.4, -0.2) is 78.1 Å². The lowest BCUT2D eigenvalue weighted by molar-refractivity contribution is -0.161. The molecule has 4 atom stereocenters. The highest BCUT2D eigenvalue weighted by Gasteiger charge is 2.53. The van der Waals surface area contributed by atoms with Crippen molar-refractivity contribution in [3.8, 4) is 0 Å². The van der Waals surface area contributed by atoms with E-state index in [1.807, 2.05) is 0 Å². The lowest BCUT2D eigenvalue weighted by Gasteiger charge is -2.38. The number of ether oxygens (including phenoxy) is 2. The van der Waals surface area contributed by atoms with Gasteiger partial charge < -0.3 is 24.1 Å². The molecule has 0 aromatic heterocycles. The van der Waals surface area contributed by atoms with Crippen molar-refractivity contribution in [3.63, 3.8) is 0 Å². The summed E-state index contributed by atoms with van der Waals surface area (Å²) in [6, 6.07) is -1.78. The Labute approximate surface area is 194 Å². The number of amides is 1. The summed E-state index contributed by atoms with van der Waals surface area (Å²) in [4.78, 5) is 27.5. The summed E-state index contributed by atoms with van der Waals surface area (Å²) < 4.78 is 17.5. The van der Waals surface area contributed by atoms with E-state index < -0.39 is 56.4 Å². The molecule has 1 fully saturated rings. The van der Waals surface area contributed by atoms with E-state index in [0.717, 1.165) is 0 Å². The number of rotatable bonds is 6. The number of carbonyl (C=O) groups excluding carboxylic acids is 2. The van der Waals surface area contributed by atoms with Crippen molar-refractivity contribution in [1.29, 1.82) is 0 Å². The summed E-state index contributed by atoms with van der Waals surface area (Å²) in [5.74, 6) is -0.926. The average molecular weight is 476 g/mol. The maximum Gasteiger partial charge on any atom is 0.411 e. The minimum atomic E-state index is -2.12. The van der Waals surface area contributed by atoms with Gasteiger partial charge in [-0.25, -0.2) is 9.59 Å². The van der Waals surface area contributed by atoms with Gasteiger partial charge in [0.05, 0.1) is 18.8 Å². The first-order valence-corrected chi connectivity index (χ1v) is 14.3. The minimum Gasteiger partial charge on any atom is -0.458 e. The SMILES string of the molecule is CC(C)(C)OC(=O)[C@@H]1C[C@H](CO[Si](C)(C)C(C)(C)C)[C@H]([C@H](O)CO)N1C(=O)OC(C)(C)C. The van der Waals surface area contributed by atoms with E-state index in [9.17, 15) is 19.8 Å². The third-order valence-corrected chi connectivity index (χ3v) is 10.5. The van der Waals surface area contributed by atoms with Crippen LogP contribution in [0, 0.1) is 5.92 Å². The summed E-state index contributed by atoms with van der Waals surface area (Å²) in [6.45, 7) is 20.8. The quantitative estimate of drug-likeness (QED) is 0.446. The Bertz CT molecular complexity index is 661. The van der Waals surface area contributed by atoms with Gasteiger partial charge in [0.2, 0.25) is 0 Å². The van der Waals surface area contributed by atoms with E-state index >= 15 is 0 Å². The first-order chi connectivity index (χ1) is 14.2. The highest BCUT2D eigenvalue weighted by molar-refractivity contribution is 6.74. The number of aliphatic hydroxyl groups is 2. The number of carbonyl (C=O) groups is 2. The van der Waals surface area contributed by atoms with Crippen LogP contribution in [-0.2, 0) is 18.7 Å².